The van der Waals surface area contributed by atoms with Crippen molar-refractivity contribution in [1.82, 2.24) is 14.5 Å². The van der Waals surface area contributed by atoms with Gasteiger partial charge in [-0.3, -0.25) is 9.55 Å². The number of ether oxygens (including phenoxy) is 1. The normalized spacial score (nSPS) is 13.2. The van der Waals surface area contributed by atoms with E-state index in [0.717, 1.165) is 6.07 Å². The summed E-state index contributed by atoms with van der Waals surface area (Å²) in [6, 6.07) is 10.8. The number of hydrogen-bond donors (Lipinski definition) is 0. The van der Waals surface area contributed by atoms with Crippen LogP contribution in [-0.2, 0) is 22.6 Å². The van der Waals surface area contributed by atoms with Gasteiger partial charge in [-0.1, -0.05) is 25.1 Å². The van der Waals surface area contributed by atoms with E-state index < -0.39 is 27.4 Å². The standard InChI is InChI=1S/C24H17F4N3O3S/c1-2-35(32,33)21-10-15(14-6-8-16(25)9-7-14)11-29-22(21)19-12-31-20-5-3-4-18(24(26,27)28)17(20)13-34-23(31)30-19/h3-12H,2,13H2,1H3. The molecule has 2 aromatic carbocycles. The summed E-state index contributed by atoms with van der Waals surface area (Å²) in [5.41, 5.74) is 0.576. The monoisotopic (exact) mass is 503 g/mol. The maximum atomic E-state index is 13.5. The van der Waals surface area contributed by atoms with Crippen LogP contribution < -0.4 is 4.74 Å². The molecular weight excluding hydrogens is 486 g/mol. The van der Waals surface area contributed by atoms with Crippen LogP contribution in [0.25, 0.3) is 28.2 Å². The largest absolute Gasteiger partial charge is 0.459 e. The molecule has 11 heteroatoms. The fraction of sp³-hybridized carbons (Fsp3) is 0.167. The van der Waals surface area contributed by atoms with E-state index in [1.807, 2.05) is 0 Å². The van der Waals surface area contributed by atoms with Crippen LogP contribution in [0, 0.1) is 5.82 Å². The van der Waals surface area contributed by atoms with E-state index in [1.165, 1.54) is 66.3 Å². The van der Waals surface area contributed by atoms with Crippen LogP contribution in [0.4, 0.5) is 17.6 Å². The van der Waals surface area contributed by atoms with Gasteiger partial charge in [-0.05, 0) is 35.9 Å². The minimum Gasteiger partial charge on any atom is -0.459 e. The third-order valence-electron chi connectivity index (χ3n) is 5.72. The molecule has 0 radical (unpaired) electrons. The van der Waals surface area contributed by atoms with Crippen molar-refractivity contribution in [2.75, 3.05) is 5.75 Å². The molecule has 0 bridgehead atoms. The molecule has 0 spiro atoms. The van der Waals surface area contributed by atoms with E-state index in [4.69, 9.17) is 4.74 Å². The second kappa shape index (κ2) is 8.19. The molecular formula is C24H17F4N3O3S. The molecule has 35 heavy (non-hydrogen) atoms. The highest BCUT2D eigenvalue weighted by atomic mass is 32.2. The molecule has 3 heterocycles. The Labute approximate surface area is 197 Å². The number of pyridine rings is 1. The van der Waals surface area contributed by atoms with Crippen molar-refractivity contribution in [2.45, 2.75) is 24.6 Å². The van der Waals surface area contributed by atoms with Crippen molar-refractivity contribution >= 4 is 9.84 Å². The van der Waals surface area contributed by atoms with Gasteiger partial charge in [0.1, 0.15) is 23.8 Å². The minimum atomic E-state index is -4.56. The van der Waals surface area contributed by atoms with Crippen LogP contribution in [0.15, 0.2) is 65.8 Å². The molecule has 0 amide bonds. The first-order valence-corrected chi connectivity index (χ1v) is 12.1. The van der Waals surface area contributed by atoms with Gasteiger partial charge >= 0.3 is 12.2 Å². The SMILES string of the molecule is CCS(=O)(=O)c1cc(-c2ccc(F)cc2)cnc1-c1cn2c(n1)OCc1c-2cccc1C(F)(F)F. The highest BCUT2D eigenvalue weighted by Gasteiger charge is 2.36. The lowest BCUT2D eigenvalue weighted by molar-refractivity contribution is -0.138. The maximum Gasteiger partial charge on any atom is 0.416 e. The summed E-state index contributed by atoms with van der Waals surface area (Å²) in [5.74, 6) is -0.645. The van der Waals surface area contributed by atoms with Crippen LogP contribution >= 0.6 is 0 Å². The van der Waals surface area contributed by atoms with Gasteiger partial charge < -0.3 is 4.74 Å². The van der Waals surface area contributed by atoms with Gasteiger partial charge in [0.15, 0.2) is 9.84 Å². The quantitative estimate of drug-likeness (QED) is 0.347. The van der Waals surface area contributed by atoms with Crippen LogP contribution in [0.2, 0.25) is 0 Å². The Morgan fingerprint density at radius 1 is 1.09 bits per heavy atom. The van der Waals surface area contributed by atoms with Crippen LogP contribution in [-0.4, -0.2) is 28.7 Å². The highest BCUT2D eigenvalue weighted by Crippen LogP contribution is 2.39. The summed E-state index contributed by atoms with van der Waals surface area (Å²) < 4.78 is 86.4. The van der Waals surface area contributed by atoms with Crippen LogP contribution in [0.3, 0.4) is 0 Å². The number of alkyl halides is 3. The Morgan fingerprint density at radius 2 is 1.83 bits per heavy atom. The molecule has 5 rings (SSSR count). The second-order valence-corrected chi connectivity index (χ2v) is 10.1. The van der Waals surface area contributed by atoms with Gasteiger partial charge in [0.25, 0.3) is 0 Å². The van der Waals surface area contributed by atoms with E-state index in [9.17, 15) is 26.0 Å². The lowest BCUT2D eigenvalue weighted by Gasteiger charge is -2.22. The van der Waals surface area contributed by atoms with Gasteiger partial charge in [0.2, 0.25) is 0 Å². The topological polar surface area (TPSA) is 74.1 Å². The Morgan fingerprint density at radius 3 is 2.51 bits per heavy atom. The van der Waals surface area contributed by atoms with Crippen molar-refractivity contribution in [2.24, 2.45) is 0 Å². The number of hydrogen-bond acceptors (Lipinski definition) is 5. The molecule has 6 nitrogen and oxygen atoms in total. The molecule has 0 saturated carbocycles. The average Bonchev–Trinajstić information content (AvgIpc) is 3.28. The lowest BCUT2D eigenvalue weighted by Crippen LogP contribution is -2.18. The number of benzene rings is 2. The fourth-order valence-corrected chi connectivity index (χ4v) is 5.01. The van der Waals surface area contributed by atoms with Crippen LogP contribution in [0.5, 0.6) is 6.01 Å². The highest BCUT2D eigenvalue weighted by molar-refractivity contribution is 7.91. The summed E-state index contributed by atoms with van der Waals surface area (Å²) in [6.45, 7) is 1.15. The number of sulfone groups is 1. The summed E-state index contributed by atoms with van der Waals surface area (Å²) >= 11 is 0. The zero-order valence-electron chi connectivity index (χ0n) is 18.2. The molecule has 1 aliphatic rings. The van der Waals surface area contributed by atoms with E-state index in [0.29, 0.717) is 11.1 Å². The molecule has 4 aromatic rings. The Kier molecular flexibility index (Phi) is 5.39. The maximum absolute atomic E-state index is 13.5. The number of fused-ring (bicyclic) bond motifs is 3. The van der Waals surface area contributed by atoms with Crippen LogP contribution in [0.1, 0.15) is 18.1 Å². The second-order valence-electron chi connectivity index (χ2n) is 7.85. The van der Waals surface area contributed by atoms with E-state index in [-0.39, 0.29) is 45.9 Å². The first kappa shape index (κ1) is 23.0. The molecule has 2 aromatic heterocycles. The van der Waals surface area contributed by atoms with E-state index in [1.54, 1.807) is 0 Å². The zero-order chi connectivity index (χ0) is 25.0. The predicted octanol–water partition coefficient (Wildman–Crippen LogP) is 5.45. The molecule has 0 fully saturated rings. The van der Waals surface area contributed by atoms with Gasteiger partial charge in [-0.2, -0.15) is 18.2 Å². The molecule has 0 N–H and O–H groups in total. The first-order chi connectivity index (χ1) is 16.6. The molecule has 0 saturated heterocycles. The number of imidazole rings is 1. The van der Waals surface area contributed by atoms with Gasteiger partial charge in [-0.25, -0.2) is 12.8 Å². The van der Waals surface area contributed by atoms with E-state index in [2.05, 4.69) is 9.97 Å². The number of halogens is 4. The zero-order valence-corrected chi connectivity index (χ0v) is 19.0. The van der Waals surface area contributed by atoms with Crippen molar-refractivity contribution in [3.05, 3.63) is 77.9 Å². The third-order valence-corrected chi connectivity index (χ3v) is 7.46. The van der Waals surface area contributed by atoms with Crippen molar-refractivity contribution in [3.8, 4) is 34.2 Å². The molecule has 180 valence electrons. The lowest BCUT2D eigenvalue weighted by atomic mass is 10.0. The minimum absolute atomic E-state index is 0.0242. The molecule has 0 atom stereocenters. The predicted molar refractivity (Wildman–Crippen MR) is 119 cm³/mol. The molecule has 0 unspecified atom stereocenters. The summed E-state index contributed by atoms with van der Waals surface area (Å²) in [6.07, 6.45) is -1.72. The third kappa shape index (κ3) is 4.05. The Hall–Kier alpha value is -3.73. The van der Waals surface area contributed by atoms with Gasteiger partial charge in [-0.15, -0.1) is 0 Å². The molecule has 0 aliphatic carbocycles. The van der Waals surface area contributed by atoms with Crippen molar-refractivity contribution in [3.63, 3.8) is 0 Å². The average molecular weight is 503 g/mol. The fourth-order valence-electron chi connectivity index (χ4n) is 3.94. The van der Waals surface area contributed by atoms with Crippen molar-refractivity contribution in [1.29, 1.82) is 0 Å². The van der Waals surface area contributed by atoms with Gasteiger partial charge in [0, 0.05) is 23.5 Å². The number of nitrogens with zero attached hydrogens (tertiary/aromatic N) is 3. The summed E-state index contributed by atoms with van der Waals surface area (Å²) in [4.78, 5) is 8.56. The van der Waals surface area contributed by atoms with Crippen molar-refractivity contribution < 1.29 is 30.7 Å². The number of aromatic nitrogens is 3. The van der Waals surface area contributed by atoms with Gasteiger partial charge in [0.05, 0.1) is 21.9 Å². The summed E-state index contributed by atoms with van der Waals surface area (Å²) in [7, 11) is -3.78. The Balaban J connectivity index is 1.66. The summed E-state index contributed by atoms with van der Waals surface area (Å²) in [5, 5.41) is 0. The first-order valence-electron chi connectivity index (χ1n) is 10.5. The molecule has 1 aliphatic heterocycles. The number of rotatable bonds is 4. The van der Waals surface area contributed by atoms with E-state index >= 15 is 0 Å². The smallest absolute Gasteiger partial charge is 0.416 e. The Bertz CT molecular complexity index is 1550.